The zero-order valence-corrected chi connectivity index (χ0v) is 9.24. The highest BCUT2D eigenvalue weighted by Gasteiger charge is 2.40. The summed E-state index contributed by atoms with van der Waals surface area (Å²) in [5.41, 5.74) is 0.461. The molecule has 1 heterocycles. The second-order valence-corrected chi connectivity index (χ2v) is 4.33. The molecule has 4 heteroatoms. The van der Waals surface area contributed by atoms with E-state index in [9.17, 15) is 9.59 Å². The molecule has 16 heavy (non-hydrogen) atoms. The van der Waals surface area contributed by atoms with Crippen LogP contribution in [0.25, 0.3) is 0 Å². The van der Waals surface area contributed by atoms with Crippen LogP contribution >= 0.6 is 0 Å². The third kappa shape index (κ3) is 2.26. The van der Waals surface area contributed by atoms with Crippen LogP contribution in [-0.4, -0.2) is 18.0 Å². The Balaban J connectivity index is 2.01. The number of aldehydes is 1. The summed E-state index contributed by atoms with van der Waals surface area (Å²) < 4.78 is 10.9. The van der Waals surface area contributed by atoms with Crippen LogP contribution in [0.4, 0.5) is 0 Å². The predicted octanol–water partition coefficient (Wildman–Crippen LogP) is 2.08. The molecule has 88 valence electrons. The fraction of sp³-hybridized carbons (Fsp3) is 0.667. The lowest BCUT2D eigenvalue weighted by atomic mass is 9.93. The molecule has 0 amide bonds. The van der Waals surface area contributed by atoms with Crippen molar-refractivity contribution in [3.63, 3.8) is 0 Å². The van der Waals surface area contributed by atoms with Gasteiger partial charge in [-0.15, -0.1) is 0 Å². The number of esters is 1. The van der Waals surface area contributed by atoms with Crippen molar-refractivity contribution < 1.29 is 19.1 Å². The van der Waals surface area contributed by atoms with E-state index in [-0.39, 0.29) is 5.97 Å². The number of carbonyl (C=O) groups is 2. The van der Waals surface area contributed by atoms with Crippen LogP contribution in [-0.2, 0) is 19.1 Å². The standard InChI is InChI=1S/C12H16O4/c13-8-4-5-10-9-15-12(16-11(10)14)6-2-1-3-7-12/h8-9H,1-7H2. The van der Waals surface area contributed by atoms with Crippen molar-refractivity contribution in [1.29, 1.82) is 0 Å². The lowest BCUT2D eigenvalue weighted by molar-refractivity contribution is -0.228. The summed E-state index contributed by atoms with van der Waals surface area (Å²) in [4.78, 5) is 21.9. The van der Waals surface area contributed by atoms with Gasteiger partial charge in [0.25, 0.3) is 5.79 Å². The van der Waals surface area contributed by atoms with Crippen LogP contribution in [0.2, 0.25) is 0 Å². The molecule has 1 spiro atoms. The maximum Gasteiger partial charge on any atom is 0.340 e. The third-order valence-corrected chi connectivity index (χ3v) is 3.10. The first-order chi connectivity index (χ1) is 7.76. The van der Waals surface area contributed by atoms with E-state index in [0.29, 0.717) is 18.4 Å². The molecule has 0 radical (unpaired) electrons. The van der Waals surface area contributed by atoms with E-state index in [2.05, 4.69) is 0 Å². The fourth-order valence-electron chi connectivity index (χ4n) is 2.17. The van der Waals surface area contributed by atoms with Gasteiger partial charge in [0.15, 0.2) is 0 Å². The zero-order chi connectivity index (χ0) is 11.4. The molecule has 1 aliphatic carbocycles. The first kappa shape index (κ1) is 11.2. The topological polar surface area (TPSA) is 52.6 Å². The molecule has 0 atom stereocenters. The van der Waals surface area contributed by atoms with Crippen molar-refractivity contribution in [2.45, 2.75) is 50.7 Å². The van der Waals surface area contributed by atoms with Crippen molar-refractivity contribution in [3.05, 3.63) is 11.8 Å². The summed E-state index contributed by atoms with van der Waals surface area (Å²) >= 11 is 0. The largest absolute Gasteiger partial charge is 0.459 e. The Kier molecular flexibility index (Phi) is 3.27. The van der Waals surface area contributed by atoms with Crippen molar-refractivity contribution in [1.82, 2.24) is 0 Å². The highest BCUT2D eigenvalue weighted by Crippen LogP contribution is 2.36. The normalized spacial score (nSPS) is 23.2. The number of ether oxygens (including phenoxy) is 2. The molecule has 4 nitrogen and oxygen atoms in total. The van der Waals surface area contributed by atoms with Gasteiger partial charge in [-0.2, -0.15) is 0 Å². The minimum absolute atomic E-state index is 0.324. The van der Waals surface area contributed by atoms with Crippen LogP contribution in [0.5, 0.6) is 0 Å². The van der Waals surface area contributed by atoms with E-state index in [4.69, 9.17) is 9.47 Å². The van der Waals surface area contributed by atoms with Gasteiger partial charge in [-0.3, -0.25) is 0 Å². The van der Waals surface area contributed by atoms with Crippen LogP contribution in [0.1, 0.15) is 44.9 Å². The number of carbonyl (C=O) groups excluding carboxylic acids is 2. The molecular weight excluding hydrogens is 208 g/mol. The van der Waals surface area contributed by atoms with Gasteiger partial charge in [0.2, 0.25) is 0 Å². The Labute approximate surface area is 94.6 Å². The minimum atomic E-state index is -0.708. The second-order valence-electron chi connectivity index (χ2n) is 4.33. The van der Waals surface area contributed by atoms with Gasteiger partial charge in [-0.25, -0.2) is 4.79 Å². The summed E-state index contributed by atoms with van der Waals surface area (Å²) in [7, 11) is 0. The number of hydrogen-bond donors (Lipinski definition) is 0. The minimum Gasteiger partial charge on any atom is -0.459 e. The maximum atomic E-state index is 11.7. The van der Waals surface area contributed by atoms with Gasteiger partial charge >= 0.3 is 5.97 Å². The average Bonchev–Trinajstić information content (AvgIpc) is 2.29. The smallest absolute Gasteiger partial charge is 0.340 e. The van der Waals surface area contributed by atoms with Crippen molar-refractivity contribution in [3.8, 4) is 0 Å². The highest BCUT2D eigenvalue weighted by molar-refractivity contribution is 5.89. The molecule has 0 unspecified atom stereocenters. The third-order valence-electron chi connectivity index (χ3n) is 3.10. The molecule has 1 saturated carbocycles. The molecule has 0 aromatic rings. The lowest BCUT2D eigenvalue weighted by Crippen LogP contribution is -2.42. The SMILES string of the molecule is O=CCCC1=COC2(CCCCC2)OC1=O. The van der Waals surface area contributed by atoms with Gasteiger partial charge in [0.1, 0.15) is 6.29 Å². The Morgan fingerprint density at radius 1 is 1.31 bits per heavy atom. The summed E-state index contributed by atoms with van der Waals surface area (Å²) in [6, 6.07) is 0. The van der Waals surface area contributed by atoms with Crippen LogP contribution in [0, 0.1) is 0 Å². The number of hydrogen-bond acceptors (Lipinski definition) is 4. The molecule has 0 aromatic heterocycles. The van der Waals surface area contributed by atoms with Gasteiger partial charge in [-0.05, 0) is 19.3 Å². The van der Waals surface area contributed by atoms with E-state index in [1.807, 2.05) is 0 Å². The molecular formula is C12H16O4. The molecule has 2 aliphatic rings. The van der Waals surface area contributed by atoms with E-state index in [1.54, 1.807) is 0 Å². The quantitative estimate of drug-likeness (QED) is 0.544. The van der Waals surface area contributed by atoms with Gasteiger partial charge in [-0.1, -0.05) is 6.42 Å². The average molecular weight is 224 g/mol. The first-order valence-electron chi connectivity index (χ1n) is 5.80. The summed E-state index contributed by atoms with van der Waals surface area (Å²) in [5.74, 6) is -1.03. The van der Waals surface area contributed by atoms with Crippen molar-refractivity contribution in [2.24, 2.45) is 0 Å². The Hall–Kier alpha value is -1.32. The maximum absolute atomic E-state index is 11.7. The summed E-state index contributed by atoms with van der Waals surface area (Å²) in [6.07, 6.45) is 7.79. The lowest BCUT2D eigenvalue weighted by Gasteiger charge is -2.38. The molecule has 1 aliphatic heterocycles. The number of rotatable bonds is 3. The van der Waals surface area contributed by atoms with Crippen LogP contribution in [0.3, 0.4) is 0 Å². The molecule has 1 fully saturated rings. The highest BCUT2D eigenvalue weighted by atomic mass is 16.7. The Bertz CT molecular complexity index is 313. The first-order valence-corrected chi connectivity index (χ1v) is 5.80. The van der Waals surface area contributed by atoms with Crippen molar-refractivity contribution in [2.75, 3.05) is 0 Å². The summed E-state index contributed by atoms with van der Waals surface area (Å²) in [5, 5.41) is 0. The Morgan fingerprint density at radius 2 is 2.06 bits per heavy atom. The predicted molar refractivity (Wildman–Crippen MR) is 56.4 cm³/mol. The monoisotopic (exact) mass is 224 g/mol. The van der Waals surface area contributed by atoms with Gasteiger partial charge in [0, 0.05) is 19.3 Å². The zero-order valence-electron chi connectivity index (χ0n) is 9.24. The van der Waals surface area contributed by atoms with Gasteiger partial charge in [0.05, 0.1) is 11.8 Å². The van der Waals surface area contributed by atoms with Crippen molar-refractivity contribution >= 4 is 12.3 Å². The van der Waals surface area contributed by atoms with E-state index in [0.717, 1.165) is 32.0 Å². The molecule has 0 bridgehead atoms. The fourth-order valence-corrected chi connectivity index (χ4v) is 2.17. The van der Waals surface area contributed by atoms with Crippen LogP contribution in [0.15, 0.2) is 11.8 Å². The van der Waals surface area contributed by atoms with E-state index >= 15 is 0 Å². The van der Waals surface area contributed by atoms with Gasteiger partial charge < -0.3 is 14.3 Å². The summed E-state index contributed by atoms with van der Waals surface area (Å²) in [6.45, 7) is 0. The second kappa shape index (κ2) is 4.68. The van der Waals surface area contributed by atoms with E-state index in [1.165, 1.54) is 12.7 Å². The molecule has 0 aromatic carbocycles. The molecule has 0 N–H and O–H groups in total. The van der Waals surface area contributed by atoms with E-state index < -0.39 is 5.79 Å². The molecule has 2 rings (SSSR count). The molecule has 0 saturated heterocycles. The van der Waals surface area contributed by atoms with Crippen LogP contribution < -0.4 is 0 Å². The Morgan fingerprint density at radius 3 is 2.69 bits per heavy atom.